The van der Waals surface area contributed by atoms with Gasteiger partial charge in [0.2, 0.25) is 0 Å². The topological polar surface area (TPSA) is 51.2 Å². The van der Waals surface area contributed by atoms with Crippen molar-refractivity contribution in [3.63, 3.8) is 0 Å². The summed E-state index contributed by atoms with van der Waals surface area (Å²) in [6.45, 7) is 10.6. The van der Waals surface area contributed by atoms with E-state index in [0.29, 0.717) is 11.1 Å². The number of Topliss-reactive ketones (excluding diaryl/α,β-unsaturated/α-hetero) is 3. The van der Waals surface area contributed by atoms with E-state index < -0.39 is 0 Å². The zero-order valence-corrected chi connectivity index (χ0v) is 11.9. The summed E-state index contributed by atoms with van der Waals surface area (Å²) >= 11 is 0. The normalized spacial score (nSPS) is 9.71. The summed E-state index contributed by atoms with van der Waals surface area (Å²) in [6.07, 6.45) is 4.92. The molecule has 3 nitrogen and oxygen atoms in total. The average molecular weight is 282 g/mol. The molecule has 0 N–H and O–H groups in total. The van der Waals surface area contributed by atoms with Crippen molar-refractivity contribution in [2.24, 2.45) is 0 Å². The molecule has 0 saturated carbocycles. The van der Waals surface area contributed by atoms with Crippen molar-refractivity contribution >= 4 is 17.3 Å². The second-order valence-electron chi connectivity index (χ2n) is 4.51. The Balaban J connectivity index is 3.31. The maximum Gasteiger partial charge on any atom is 0.167 e. The van der Waals surface area contributed by atoms with Gasteiger partial charge < -0.3 is 0 Å². The number of ketones is 3. The van der Waals surface area contributed by atoms with Gasteiger partial charge in [-0.2, -0.15) is 0 Å². The van der Waals surface area contributed by atoms with Gasteiger partial charge >= 0.3 is 0 Å². The van der Waals surface area contributed by atoms with Gasteiger partial charge in [-0.05, 0) is 12.1 Å². The minimum absolute atomic E-state index is 0.119. The monoisotopic (exact) mass is 282 g/mol. The highest BCUT2D eigenvalue weighted by atomic mass is 16.1. The highest BCUT2D eigenvalue weighted by molar-refractivity contribution is 6.11. The summed E-state index contributed by atoms with van der Waals surface area (Å²) in [4.78, 5) is 36.0. The smallest absolute Gasteiger partial charge is 0.167 e. The molecule has 0 bridgehead atoms. The van der Waals surface area contributed by atoms with Crippen LogP contribution in [0.5, 0.6) is 0 Å². The first-order valence-corrected chi connectivity index (χ1v) is 6.61. The standard InChI is InChI=1S/C18H18O3/c1-4-7-16(19)13-10-11-14(17(20)8-5-2)15(12-13)18(21)9-6-3/h4-6,10-12H,1-3,7-9H2. The molecule has 0 spiro atoms. The summed E-state index contributed by atoms with van der Waals surface area (Å²) in [5.41, 5.74) is 0.978. The van der Waals surface area contributed by atoms with Gasteiger partial charge in [-0.15, -0.1) is 19.7 Å². The van der Waals surface area contributed by atoms with Gasteiger partial charge in [0.15, 0.2) is 17.3 Å². The minimum atomic E-state index is -0.231. The first-order valence-electron chi connectivity index (χ1n) is 6.61. The second kappa shape index (κ2) is 7.90. The van der Waals surface area contributed by atoms with Crippen LogP contribution in [0.2, 0.25) is 0 Å². The highest BCUT2D eigenvalue weighted by Gasteiger charge is 2.17. The fourth-order valence-electron chi connectivity index (χ4n) is 1.92. The van der Waals surface area contributed by atoms with Crippen molar-refractivity contribution in [2.75, 3.05) is 0 Å². The molecule has 1 aromatic rings. The molecule has 0 heterocycles. The summed E-state index contributed by atoms with van der Waals surface area (Å²) < 4.78 is 0. The molecule has 0 saturated heterocycles. The van der Waals surface area contributed by atoms with Crippen LogP contribution in [0, 0.1) is 0 Å². The molecule has 0 radical (unpaired) electrons. The number of hydrogen-bond donors (Lipinski definition) is 0. The van der Waals surface area contributed by atoms with E-state index >= 15 is 0 Å². The maximum absolute atomic E-state index is 12.1. The summed E-state index contributed by atoms with van der Waals surface area (Å²) in [5.74, 6) is -0.564. The van der Waals surface area contributed by atoms with Crippen LogP contribution in [-0.4, -0.2) is 17.3 Å². The molecule has 0 atom stereocenters. The molecular formula is C18H18O3. The van der Waals surface area contributed by atoms with Crippen LogP contribution in [0.15, 0.2) is 56.2 Å². The molecule has 0 fully saturated rings. The fourth-order valence-corrected chi connectivity index (χ4v) is 1.92. The Bertz CT molecular complexity index is 609. The minimum Gasteiger partial charge on any atom is -0.294 e. The molecular weight excluding hydrogens is 264 g/mol. The Kier molecular flexibility index (Phi) is 6.21. The van der Waals surface area contributed by atoms with E-state index in [1.807, 2.05) is 0 Å². The average Bonchev–Trinajstić information content (AvgIpc) is 2.47. The van der Waals surface area contributed by atoms with Crippen LogP contribution in [0.3, 0.4) is 0 Å². The van der Waals surface area contributed by atoms with E-state index in [-0.39, 0.29) is 42.2 Å². The third-order valence-corrected chi connectivity index (χ3v) is 2.93. The van der Waals surface area contributed by atoms with E-state index in [4.69, 9.17) is 0 Å². The van der Waals surface area contributed by atoms with E-state index in [9.17, 15) is 14.4 Å². The summed E-state index contributed by atoms with van der Waals surface area (Å²) in [6, 6.07) is 4.57. The van der Waals surface area contributed by atoms with E-state index in [1.54, 1.807) is 6.07 Å². The molecule has 21 heavy (non-hydrogen) atoms. The van der Waals surface area contributed by atoms with E-state index in [2.05, 4.69) is 19.7 Å². The number of rotatable bonds is 9. The van der Waals surface area contributed by atoms with Crippen LogP contribution in [0.4, 0.5) is 0 Å². The van der Waals surface area contributed by atoms with Crippen LogP contribution in [0.25, 0.3) is 0 Å². The predicted octanol–water partition coefficient (Wildman–Crippen LogP) is 3.96. The highest BCUT2D eigenvalue weighted by Crippen LogP contribution is 2.18. The number of benzene rings is 1. The van der Waals surface area contributed by atoms with Crippen LogP contribution >= 0.6 is 0 Å². The third-order valence-electron chi connectivity index (χ3n) is 2.93. The Labute approximate surface area is 124 Å². The molecule has 0 unspecified atom stereocenters. The van der Waals surface area contributed by atoms with E-state index in [1.165, 1.54) is 30.4 Å². The molecule has 0 aromatic heterocycles. The quantitative estimate of drug-likeness (QED) is 0.509. The Morgan fingerprint density at radius 1 is 0.762 bits per heavy atom. The van der Waals surface area contributed by atoms with Gasteiger partial charge in [-0.25, -0.2) is 0 Å². The predicted molar refractivity (Wildman–Crippen MR) is 83.9 cm³/mol. The van der Waals surface area contributed by atoms with Crippen LogP contribution in [-0.2, 0) is 0 Å². The number of allylic oxidation sites excluding steroid dienone is 3. The molecule has 1 aromatic carbocycles. The number of hydrogen-bond acceptors (Lipinski definition) is 3. The van der Waals surface area contributed by atoms with Gasteiger partial charge in [0.25, 0.3) is 0 Å². The van der Waals surface area contributed by atoms with Crippen molar-refractivity contribution in [3.05, 3.63) is 72.9 Å². The van der Waals surface area contributed by atoms with E-state index in [0.717, 1.165) is 0 Å². The second-order valence-corrected chi connectivity index (χ2v) is 4.51. The number of carbonyl (C=O) groups is 3. The fraction of sp³-hybridized carbons (Fsp3) is 0.167. The Morgan fingerprint density at radius 2 is 1.24 bits per heavy atom. The van der Waals surface area contributed by atoms with Gasteiger partial charge in [0.05, 0.1) is 0 Å². The largest absolute Gasteiger partial charge is 0.294 e. The van der Waals surface area contributed by atoms with Gasteiger partial charge in [-0.1, -0.05) is 24.3 Å². The van der Waals surface area contributed by atoms with Crippen LogP contribution < -0.4 is 0 Å². The molecule has 0 amide bonds. The lowest BCUT2D eigenvalue weighted by Crippen LogP contribution is -2.10. The first-order chi connectivity index (χ1) is 10.0. The third kappa shape index (κ3) is 4.21. The van der Waals surface area contributed by atoms with Crippen molar-refractivity contribution < 1.29 is 14.4 Å². The van der Waals surface area contributed by atoms with Gasteiger partial charge in [0, 0.05) is 36.0 Å². The van der Waals surface area contributed by atoms with Gasteiger partial charge in [-0.3, -0.25) is 14.4 Å². The van der Waals surface area contributed by atoms with Crippen LogP contribution in [0.1, 0.15) is 50.3 Å². The van der Waals surface area contributed by atoms with Gasteiger partial charge in [0.1, 0.15) is 0 Å². The number of carbonyl (C=O) groups excluding carboxylic acids is 3. The van der Waals surface area contributed by atoms with Crippen molar-refractivity contribution in [3.8, 4) is 0 Å². The lowest BCUT2D eigenvalue weighted by Gasteiger charge is -2.08. The maximum atomic E-state index is 12.1. The van der Waals surface area contributed by atoms with Crippen molar-refractivity contribution in [1.29, 1.82) is 0 Å². The first kappa shape index (κ1) is 16.5. The zero-order chi connectivity index (χ0) is 15.8. The Hall–Kier alpha value is -2.55. The lowest BCUT2D eigenvalue weighted by atomic mass is 9.93. The SMILES string of the molecule is C=CCC(=O)c1ccc(C(=O)CC=C)c(C(=O)CC=C)c1. The zero-order valence-electron chi connectivity index (χ0n) is 11.9. The summed E-state index contributed by atoms with van der Waals surface area (Å²) in [5, 5.41) is 0. The Morgan fingerprint density at radius 3 is 1.76 bits per heavy atom. The molecule has 1 rings (SSSR count). The van der Waals surface area contributed by atoms with Crippen molar-refractivity contribution in [1.82, 2.24) is 0 Å². The summed E-state index contributed by atoms with van der Waals surface area (Å²) in [7, 11) is 0. The molecule has 108 valence electrons. The molecule has 3 heteroatoms. The molecule has 0 aliphatic rings. The molecule has 0 aliphatic heterocycles. The van der Waals surface area contributed by atoms with Crippen molar-refractivity contribution in [2.45, 2.75) is 19.3 Å². The lowest BCUT2D eigenvalue weighted by molar-refractivity contribution is 0.0961. The molecule has 0 aliphatic carbocycles.